The lowest BCUT2D eigenvalue weighted by Gasteiger charge is -2.02. The summed E-state index contributed by atoms with van der Waals surface area (Å²) in [4.78, 5) is 10.7. The first-order valence-corrected chi connectivity index (χ1v) is 7.61. The zero-order valence-corrected chi connectivity index (χ0v) is 12.7. The number of esters is 1. The van der Waals surface area contributed by atoms with Gasteiger partial charge < -0.3 is 4.74 Å². The summed E-state index contributed by atoms with van der Waals surface area (Å²) < 4.78 is 4.93. The third kappa shape index (κ3) is 7.78. The second-order valence-electron chi connectivity index (χ2n) is 5.08. The van der Waals surface area contributed by atoms with Gasteiger partial charge in [0.15, 0.2) is 0 Å². The molecule has 0 saturated heterocycles. The van der Waals surface area contributed by atoms with Gasteiger partial charge in [0, 0.05) is 13.3 Å². The van der Waals surface area contributed by atoms with Crippen molar-refractivity contribution in [1.82, 2.24) is 0 Å². The Balaban J connectivity index is 2.27. The average molecular weight is 274 g/mol. The van der Waals surface area contributed by atoms with Crippen LogP contribution in [0.25, 0.3) is 6.08 Å². The molecule has 20 heavy (non-hydrogen) atoms. The van der Waals surface area contributed by atoms with Crippen molar-refractivity contribution in [3.8, 4) is 0 Å². The monoisotopic (exact) mass is 274 g/mol. The predicted molar refractivity (Wildman–Crippen MR) is 84.6 cm³/mol. The number of unbranched alkanes of at least 4 members (excludes halogenated alkanes) is 4. The molecule has 0 aliphatic rings. The van der Waals surface area contributed by atoms with E-state index in [1.54, 1.807) is 0 Å². The minimum atomic E-state index is -0.215. The molecule has 0 spiro atoms. The lowest BCUT2D eigenvalue weighted by Crippen LogP contribution is -2.03. The predicted octanol–water partition coefficient (Wildman–Crippen LogP) is 4.78. The molecule has 0 amide bonds. The number of hydrogen-bond donors (Lipinski definition) is 0. The maximum absolute atomic E-state index is 10.7. The molecule has 1 aromatic carbocycles. The van der Waals surface area contributed by atoms with Gasteiger partial charge in [0.25, 0.3) is 0 Å². The van der Waals surface area contributed by atoms with E-state index in [4.69, 9.17) is 4.74 Å². The molecule has 0 radical (unpaired) electrons. The van der Waals surface area contributed by atoms with Crippen LogP contribution in [0.4, 0.5) is 0 Å². The highest BCUT2D eigenvalue weighted by Gasteiger charge is 1.96. The first-order valence-electron chi connectivity index (χ1n) is 7.61. The summed E-state index contributed by atoms with van der Waals surface area (Å²) in [6, 6.07) is 8.43. The Morgan fingerprint density at radius 1 is 1.15 bits per heavy atom. The van der Waals surface area contributed by atoms with Gasteiger partial charge in [0.2, 0.25) is 0 Å². The van der Waals surface area contributed by atoms with Crippen LogP contribution in [0.5, 0.6) is 0 Å². The first-order chi connectivity index (χ1) is 9.72. The van der Waals surface area contributed by atoms with Crippen molar-refractivity contribution < 1.29 is 9.53 Å². The molecular weight excluding hydrogens is 248 g/mol. The number of benzene rings is 1. The van der Waals surface area contributed by atoms with Crippen molar-refractivity contribution in [2.45, 2.75) is 52.4 Å². The molecule has 0 atom stereocenters. The number of carbonyl (C=O) groups excluding carboxylic acids is 1. The summed E-state index contributed by atoms with van der Waals surface area (Å²) in [7, 11) is 0. The van der Waals surface area contributed by atoms with Crippen LogP contribution in [-0.2, 0) is 16.0 Å². The Morgan fingerprint density at radius 3 is 2.55 bits per heavy atom. The molecule has 0 N–H and O–H groups in total. The minimum absolute atomic E-state index is 0.215. The summed E-state index contributed by atoms with van der Waals surface area (Å²) in [6.45, 7) is 4.13. The molecule has 0 heterocycles. The molecule has 2 heteroatoms. The zero-order valence-electron chi connectivity index (χ0n) is 12.7. The lowest BCUT2D eigenvalue weighted by atomic mass is 10.1. The van der Waals surface area contributed by atoms with Gasteiger partial charge >= 0.3 is 5.97 Å². The van der Waals surface area contributed by atoms with Crippen LogP contribution in [-0.4, -0.2) is 12.6 Å². The molecular formula is C18H26O2. The first kappa shape index (κ1) is 16.5. The molecule has 0 bridgehead atoms. The molecule has 1 rings (SSSR count). The standard InChI is InChI=1S/C18H26O2/c1-3-4-5-6-7-8-9-17-10-12-18(13-11-17)14-15-20-16(2)19/h8-13H,3-7,14-15H2,1-2H3. The van der Waals surface area contributed by atoms with E-state index in [0.29, 0.717) is 6.61 Å². The Morgan fingerprint density at radius 2 is 1.90 bits per heavy atom. The Bertz CT molecular complexity index is 404. The number of rotatable bonds is 9. The van der Waals surface area contributed by atoms with Crippen LogP contribution in [0.15, 0.2) is 30.3 Å². The quantitative estimate of drug-likeness (QED) is 0.478. The SMILES string of the molecule is CCCCCCC=Cc1ccc(CCOC(C)=O)cc1. The molecule has 0 aromatic heterocycles. The zero-order chi connectivity index (χ0) is 14.6. The molecule has 0 unspecified atom stereocenters. The highest BCUT2D eigenvalue weighted by Crippen LogP contribution is 2.09. The number of ether oxygens (including phenoxy) is 1. The minimum Gasteiger partial charge on any atom is -0.466 e. The van der Waals surface area contributed by atoms with E-state index in [-0.39, 0.29) is 5.97 Å². The fourth-order valence-corrected chi connectivity index (χ4v) is 2.02. The number of allylic oxidation sites excluding steroid dienone is 1. The van der Waals surface area contributed by atoms with Gasteiger partial charge in [-0.1, -0.05) is 62.6 Å². The highest BCUT2D eigenvalue weighted by molar-refractivity contribution is 5.65. The summed E-state index contributed by atoms with van der Waals surface area (Å²) in [6.07, 6.45) is 11.6. The summed E-state index contributed by atoms with van der Waals surface area (Å²) in [5.41, 5.74) is 2.43. The average Bonchev–Trinajstić information content (AvgIpc) is 2.44. The lowest BCUT2D eigenvalue weighted by molar-refractivity contribution is -0.140. The molecule has 0 saturated carbocycles. The van der Waals surface area contributed by atoms with E-state index in [1.165, 1.54) is 43.7 Å². The molecule has 0 aliphatic heterocycles. The topological polar surface area (TPSA) is 26.3 Å². The van der Waals surface area contributed by atoms with E-state index in [2.05, 4.69) is 43.3 Å². The van der Waals surface area contributed by atoms with Gasteiger partial charge in [-0.25, -0.2) is 0 Å². The van der Waals surface area contributed by atoms with Crippen molar-refractivity contribution in [1.29, 1.82) is 0 Å². The Labute approximate surface area is 122 Å². The molecule has 1 aromatic rings. The van der Waals surface area contributed by atoms with Crippen molar-refractivity contribution in [2.24, 2.45) is 0 Å². The summed E-state index contributed by atoms with van der Waals surface area (Å²) in [5.74, 6) is -0.215. The molecule has 110 valence electrons. The Kier molecular flexibility index (Phi) is 8.44. The molecule has 0 fully saturated rings. The van der Waals surface area contributed by atoms with Gasteiger partial charge in [0.1, 0.15) is 0 Å². The fourth-order valence-electron chi connectivity index (χ4n) is 2.02. The smallest absolute Gasteiger partial charge is 0.302 e. The second kappa shape index (κ2) is 10.2. The summed E-state index contributed by atoms with van der Waals surface area (Å²) in [5, 5.41) is 0. The van der Waals surface area contributed by atoms with Gasteiger partial charge in [-0.05, 0) is 24.0 Å². The van der Waals surface area contributed by atoms with Gasteiger partial charge in [-0.2, -0.15) is 0 Å². The fraction of sp³-hybridized carbons (Fsp3) is 0.500. The third-order valence-electron chi connectivity index (χ3n) is 3.21. The van der Waals surface area contributed by atoms with E-state index < -0.39 is 0 Å². The normalized spacial score (nSPS) is 10.9. The maximum atomic E-state index is 10.7. The van der Waals surface area contributed by atoms with Gasteiger partial charge in [0.05, 0.1) is 6.61 Å². The highest BCUT2D eigenvalue weighted by atomic mass is 16.5. The van der Waals surface area contributed by atoms with Crippen LogP contribution in [0.3, 0.4) is 0 Å². The van der Waals surface area contributed by atoms with Crippen LogP contribution < -0.4 is 0 Å². The summed E-state index contributed by atoms with van der Waals surface area (Å²) >= 11 is 0. The van der Waals surface area contributed by atoms with Crippen LogP contribution in [0.1, 0.15) is 57.1 Å². The van der Waals surface area contributed by atoms with E-state index >= 15 is 0 Å². The van der Waals surface area contributed by atoms with Crippen molar-refractivity contribution in [3.05, 3.63) is 41.5 Å². The maximum Gasteiger partial charge on any atom is 0.302 e. The van der Waals surface area contributed by atoms with Crippen molar-refractivity contribution >= 4 is 12.0 Å². The number of hydrogen-bond acceptors (Lipinski definition) is 2. The van der Waals surface area contributed by atoms with Crippen LogP contribution in [0.2, 0.25) is 0 Å². The van der Waals surface area contributed by atoms with E-state index in [1.807, 2.05) is 0 Å². The third-order valence-corrected chi connectivity index (χ3v) is 3.21. The van der Waals surface area contributed by atoms with Gasteiger partial charge in [-0.15, -0.1) is 0 Å². The molecule has 0 aliphatic carbocycles. The van der Waals surface area contributed by atoms with Crippen molar-refractivity contribution in [2.75, 3.05) is 6.61 Å². The second-order valence-corrected chi connectivity index (χ2v) is 5.08. The van der Waals surface area contributed by atoms with E-state index in [9.17, 15) is 4.79 Å². The van der Waals surface area contributed by atoms with Gasteiger partial charge in [-0.3, -0.25) is 4.79 Å². The van der Waals surface area contributed by atoms with Crippen molar-refractivity contribution in [3.63, 3.8) is 0 Å². The number of carbonyl (C=O) groups is 1. The Hall–Kier alpha value is -1.57. The molecule has 2 nitrogen and oxygen atoms in total. The van der Waals surface area contributed by atoms with Crippen LogP contribution >= 0.6 is 0 Å². The largest absolute Gasteiger partial charge is 0.466 e. The van der Waals surface area contributed by atoms with Crippen LogP contribution in [0, 0.1) is 0 Å². The van der Waals surface area contributed by atoms with E-state index in [0.717, 1.165) is 12.8 Å².